The third-order valence-electron chi connectivity index (χ3n) is 4.66. The molecule has 0 saturated carbocycles. The summed E-state index contributed by atoms with van der Waals surface area (Å²) in [6, 6.07) is 7.31. The van der Waals surface area contributed by atoms with Crippen molar-refractivity contribution in [3.05, 3.63) is 35.5 Å². The molecule has 3 heteroatoms. The molecular formula is C15H18N2S. The van der Waals surface area contributed by atoms with E-state index in [4.69, 9.17) is 0 Å². The molecule has 2 aliphatic rings. The van der Waals surface area contributed by atoms with Crippen LogP contribution in [0, 0.1) is 5.92 Å². The molecular weight excluding hydrogens is 240 g/mol. The fourth-order valence-corrected chi connectivity index (χ4v) is 4.04. The normalized spacial score (nSPS) is 30.4. The molecule has 2 heterocycles. The number of nitrogens with one attached hydrogen (secondary N) is 2. The van der Waals surface area contributed by atoms with E-state index in [1.807, 2.05) is 0 Å². The highest BCUT2D eigenvalue weighted by Gasteiger charge is 2.35. The van der Waals surface area contributed by atoms with Crippen LogP contribution >= 0.6 is 12.6 Å². The van der Waals surface area contributed by atoms with E-state index in [-0.39, 0.29) is 0 Å². The summed E-state index contributed by atoms with van der Waals surface area (Å²) >= 11 is 4.48. The second-order valence-electron chi connectivity index (χ2n) is 5.69. The number of rotatable bonds is 1. The van der Waals surface area contributed by atoms with Gasteiger partial charge >= 0.3 is 0 Å². The number of benzene rings is 1. The summed E-state index contributed by atoms with van der Waals surface area (Å²) in [6.07, 6.45) is 4.64. The molecule has 2 nitrogen and oxygen atoms in total. The van der Waals surface area contributed by atoms with Crippen LogP contribution in [0.25, 0.3) is 10.9 Å². The third kappa shape index (κ3) is 1.47. The maximum atomic E-state index is 4.48. The Morgan fingerprint density at radius 1 is 1.33 bits per heavy atom. The van der Waals surface area contributed by atoms with Gasteiger partial charge in [0.05, 0.1) is 0 Å². The molecule has 1 aromatic heterocycles. The molecule has 94 valence electrons. The summed E-state index contributed by atoms with van der Waals surface area (Å²) in [4.78, 5) is 3.41. The molecule has 3 atom stereocenters. The lowest BCUT2D eigenvalue weighted by molar-refractivity contribution is 0.286. The molecule has 0 amide bonds. The fourth-order valence-electron chi connectivity index (χ4n) is 3.76. The Kier molecular flexibility index (Phi) is 2.45. The average molecular weight is 258 g/mol. The Balaban J connectivity index is 1.85. The first-order valence-electron chi connectivity index (χ1n) is 6.80. The Labute approximate surface area is 113 Å². The van der Waals surface area contributed by atoms with Crippen LogP contribution in [0.1, 0.15) is 23.5 Å². The van der Waals surface area contributed by atoms with E-state index < -0.39 is 0 Å². The Morgan fingerprint density at radius 3 is 3.17 bits per heavy atom. The van der Waals surface area contributed by atoms with Gasteiger partial charge in [0.2, 0.25) is 0 Å². The maximum Gasteiger partial charge on any atom is 0.0459 e. The summed E-state index contributed by atoms with van der Waals surface area (Å²) in [5.74, 6) is 2.37. The molecule has 0 radical (unpaired) electrons. The van der Waals surface area contributed by atoms with Gasteiger partial charge in [-0.25, -0.2) is 0 Å². The van der Waals surface area contributed by atoms with Crippen LogP contribution in [-0.4, -0.2) is 23.3 Å². The Hall–Kier alpha value is -0.930. The molecule has 1 aliphatic heterocycles. The zero-order chi connectivity index (χ0) is 12.1. The smallest absolute Gasteiger partial charge is 0.0459 e. The summed E-state index contributed by atoms with van der Waals surface area (Å²) in [5, 5.41) is 5.22. The van der Waals surface area contributed by atoms with E-state index in [1.165, 1.54) is 29.3 Å². The molecule has 2 N–H and O–H groups in total. The van der Waals surface area contributed by atoms with Gasteiger partial charge in [-0.3, -0.25) is 0 Å². The van der Waals surface area contributed by atoms with Crippen molar-refractivity contribution in [2.45, 2.75) is 24.8 Å². The summed E-state index contributed by atoms with van der Waals surface area (Å²) < 4.78 is 0. The van der Waals surface area contributed by atoms with Gasteiger partial charge in [-0.1, -0.05) is 12.1 Å². The summed E-state index contributed by atoms with van der Waals surface area (Å²) in [7, 11) is 0. The van der Waals surface area contributed by atoms with Gasteiger partial charge in [0, 0.05) is 29.1 Å². The molecule has 0 spiro atoms. The second kappa shape index (κ2) is 4.04. The van der Waals surface area contributed by atoms with Crippen LogP contribution in [0.3, 0.4) is 0 Å². The molecule has 1 aromatic carbocycles. The van der Waals surface area contributed by atoms with E-state index >= 15 is 0 Å². The summed E-state index contributed by atoms with van der Waals surface area (Å²) in [6.45, 7) is 1.13. The second-order valence-corrected chi connectivity index (χ2v) is 6.06. The standard InChI is InChI=1S/C15H18N2S/c18-8-9-4-12-11-2-1-3-13-15(11)10(7-17-13)5-14(12)16-6-9/h1-3,7,9,12,14,16-18H,4-6,8H2. The number of hydrogen-bond acceptors (Lipinski definition) is 2. The van der Waals surface area contributed by atoms with Gasteiger partial charge in [0.25, 0.3) is 0 Å². The van der Waals surface area contributed by atoms with E-state index in [9.17, 15) is 0 Å². The minimum atomic E-state index is 0.620. The van der Waals surface area contributed by atoms with Crippen LogP contribution < -0.4 is 5.32 Å². The van der Waals surface area contributed by atoms with Crippen molar-refractivity contribution >= 4 is 23.5 Å². The number of hydrogen-bond donors (Lipinski definition) is 3. The van der Waals surface area contributed by atoms with Gasteiger partial charge in [0.15, 0.2) is 0 Å². The van der Waals surface area contributed by atoms with E-state index in [0.29, 0.717) is 17.9 Å². The number of thiol groups is 1. The van der Waals surface area contributed by atoms with Gasteiger partial charge in [-0.05, 0) is 48.3 Å². The molecule has 2 aromatic rings. The van der Waals surface area contributed by atoms with Crippen LogP contribution in [-0.2, 0) is 6.42 Å². The quantitative estimate of drug-likeness (QED) is 0.674. The van der Waals surface area contributed by atoms with Crippen LogP contribution in [0.2, 0.25) is 0 Å². The monoisotopic (exact) mass is 258 g/mol. The predicted molar refractivity (Wildman–Crippen MR) is 78.5 cm³/mol. The van der Waals surface area contributed by atoms with Crippen molar-refractivity contribution in [1.29, 1.82) is 0 Å². The average Bonchev–Trinajstić information content (AvgIpc) is 2.83. The van der Waals surface area contributed by atoms with Crippen molar-refractivity contribution in [2.24, 2.45) is 5.92 Å². The lowest BCUT2D eigenvalue weighted by atomic mass is 9.73. The van der Waals surface area contributed by atoms with Gasteiger partial charge in [-0.15, -0.1) is 0 Å². The molecule has 18 heavy (non-hydrogen) atoms. The van der Waals surface area contributed by atoms with Crippen LogP contribution in [0.5, 0.6) is 0 Å². The van der Waals surface area contributed by atoms with Crippen LogP contribution in [0.15, 0.2) is 24.4 Å². The first kappa shape index (κ1) is 10.9. The third-order valence-corrected chi connectivity index (χ3v) is 5.18. The van der Waals surface area contributed by atoms with E-state index in [1.54, 1.807) is 5.56 Å². The Bertz CT molecular complexity index is 589. The van der Waals surface area contributed by atoms with E-state index in [0.717, 1.165) is 12.3 Å². The number of H-pyrrole nitrogens is 1. The topological polar surface area (TPSA) is 27.8 Å². The van der Waals surface area contributed by atoms with Gasteiger partial charge < -0.3 is 10.3 Å². The minimum Gasteiger partial charge on any atom is -0.361 e. The van der Waals surface area contributed by atoms with Crippen molar-refractivity contribution in [2.75, 3.05) is 12.3 Å². The molecule has 4 rings (SSSR count). The van der Waals surface area contributed by atoms with Crippen molar-refractivity contribution in [1.82, 2.24) is 10.3 Å². The van der Waals surface area contributed by atoms with Gasteiger partial charge in [-0.2, -0.15) is 12.6 Å². The first-order valence-corrected chi connectivity index (χ1v) is 7.43. The van der Waals surface area contributed by atoms with Crippen molar-refractivity contribution in [3.63, 3.8) is 0 Å². The molecule has 1 saturated heterocycles. The summed E-state index contributed by atoms with van der Waals surface area (Å²) in [5.41, 5.74) is 4.33. The molecule has 1 fully saturated rings. The van der Waals surface area contributed by atoms with Gasteiger partial charge in [0.1, 0.15) is 0 Å². The predicted octanol–water partition coefficient (Wildman–Crippen LogP) is 2.72. The minimum absolute atomic E-state index is 0.620. The number of aromatic nitrogens is 1. The number of piperidine rings is 1. The SMILES string of the molecule is SCC1CNC2Cc3c[nH]c4cccc(c34)C2C1. The van der Waals surface area contributed by atoms with Crippen LogP contribution in [0.4, 0.5) is 0 Å². The molecule has 0 bridgehead atoms. The Morgan fingerprint density at radius 2 is 2.28 bits per heavy atom. The fraction of sp³-hybridized carbons (Fsp3) is 0.467. The first-order chi connectivity index (χ1) is 8.86. The van der Waals surface area contributed by atoms with Crippen molar-refractivity contribution < 1.29 is 0 Å². The highest BCUT2D eigenvalue weighted by molar-refractivity contribution is 7.80. The lowest BCUT2D eigenvalue weighted by Crippen LogP contribution is -2.47. The largest absolute Gasteiger partial charge is 0.361 e. The lowest BCUT2D eigenvalue weighted by Gasteiger charge is -2.40. The van der Waals surface area contributed by atoms with Crippen molar-refractivity contribution in [3.8, 4) is 0 Å². The molecule has 1 aliphatic carbocycles. The number of aromatic amines is 1. The van der Waals surface area contributed by atoms with E-state index in [2.05, 4.69) is 47.3 Å². The highest BCUT2D eigenvalue weighted by atomic mass is 32.1. The zero-order valence-electron chi connectivity index (χ0n) is 10.3. The molecule has 3 unspecified atom stereocenters. The number of fused-ring (bicyclic) bond motifs is 2. The maximum absolute atomic E-state index is 4.48. The zero-order valence-corrected chi connectivity index (χ0v) is 11.2. The highest BCUT2D eigenvalue weighted by Crippen LogP contribution is 2.41.